The van der Waals surface area contributed by atoms with Crippen LogP contribution in [0.15, 0.2) is 24.3 Å². The highest BCUT2D eigenvalue weighted by Gasteiger charge is 2.12. The predicted octanol–water partition coefficient (Wildman–Crippen LogP) is 6.17. The lowest BCUT2D eigenvalue weighted by atomic mass is 9.87. The van der Waals surface area contributed by atoms with Crippen LogP contribution in [0.2, 0.25) is 0 Å². The fraction of sp³-hybridized carbons (Fsp3) is 0.700. The van der Waals surface area contributed by atoms with Crippen molar-refractivity contribution >= 4 is 0 Å². The third-order valence-corrected chi connectivity index (χ3v) is 3.22. The molecule has 21 heavy (non-hydrogen) atoms. The first kappa shape index (κ1) is 22.5. The van der Waals surface area contributed by atoms with Crippen LogP contribution in [0.5, 0.6) is 0 Å². The van der Waals surface area contributed by atoms with Gasteiger partial charge < -0.3 is 5.32 Å². The lowest BCUT2D eigenvalue weighted by Gasteiger charge is -2.19. The van der Waals surface area contributed by atoms with Gasteiger partial charge in [0.2, 0.25) is 0 Å². The van der Waals surface area contributed by atoms with Gasteiger partial charge in [-0.15, -0.1) is 0 Å². The number of rotatable bonds is 4. The topological polar surface area (TPSA) is 12.0 Å². The molecule has 0 heterocycles. The molecule has 0 radical (unpaired) electrons. The summed E-state index contributed by atoms with van der Waals surface area (Å²) in [5.41, 5.74) is 3.02. The van der Waals surface area contributed by atoms with Crippen LogP contribution < -0.4 is 5.32 Å². The van der Waals surface area contributed by atoms with Crippen LogP contribution >= 0.6 is 0 Å². The number of hydrogen-bond acceptors (Lipinski definition) is 1. The zero-order valence-corrected chi connectivity index (χ0v) is 16.0. The van der Waals surface area contributed by atoms with E-state index in [0.717, 1.165) is 19.0 Å². The van der Waals surface area contributed by atoms with E-state index in [-0.39, 0.29) is 5.41 Å². The van der Waals surface area contributed by atoms with E-state index >= 15 is 0 Å². The number of benzene rings is 1. The molecule has 124 valence electrons. The highest BCUT2D eigenvalue weighted by molar-refractivity contribution is 5.27. The van der Waals surface area contributed by atoms with Crippen molar-refractivity contribution in [1.29, 1.82) is 0 Å². The van der Waals surface area contributed by atoms with E-state index < -0.39 is 0 Å². The van der Waals surface area contributed by atoms with Gasteiger partial charge >= 0.3 is 0 Å². The fourth-order valence-electron chi connectivity index (χ4n) is 1.39. The maximum absolute atomic E-state index is 3.32. The Morgan fingerprint density at radius 2 is 1.38 bits per heavy atom. The molecule has 0 spiro atoms. The van der Waals surface area contributed by atoms with E-state index in [0.29, 0.717) is 0 Å². The molecule has 1 rings (SSSR count). The summed E-state index contributed by atoms with van der Waals surface area (Å²) in [5, 5.41) is 3.32. The van der Waals surface area contributed by atoms with E-state index in [4.69, 9.17) is 0 Å². The summed E-state index contributed by atoms with van der Waals surface area (Å²) in [5.74, 6) is 0.884. The van der Waals surface area contributed by atoms with Crippen LogP contribution in [-0.2, 0) is 12.0 Å². The Morgan fingerprint density at radius 1 is 0.952 bits per heavy atom. The Hall–Kier alpha value is -0.820. The first-order valence-corrected chi connectivity index (χ1v) is 8.61. The molecule has 0 amide bonds. The molecule has 1 aromatic carbocycles. The Bertz CT molecular complexity index is 317. The summed E-state index contributed by atoms with van der Waals surface area (Å²) in [6.07, 6.45) is 1.31. The minimum atomic E-state index is 0.261. The van der Waals surface area contributed by atoms with Gasteiger partial charge in [-0.25, -0.2) is 0 Å². The van der Waals surface area contributed by atoms with Gasteiger partial charge in [0, 0.05) is 6.54 Å². The summed E-state index contributed by atoms with van der Waals surface area (Å²) in [7, 11) is 0. The third kappa shape index (κ3) is 12.6. The maximum atomic E-state index is 3.32. The van der Waals surface area contributed by atoms with Crippen molar-refractivity contribution in [3.63, 3.8) is 0 Å². The summed E-state index contributed by atoms with van der Waals surface area (Å²) < 4.78 is 0. The Balaban J connectivity index is 0. The molecule has 1 nitrogen and oxygen atoms in total. The fourth-order valence-corrected chi connectivity index (χ4v) is 1.39. The molecule has 0 unspecified atom stereocenters. The highest BCUT2D eigenvalue weighted by Crippen LogP contribution is 2.21. The van der Waals surface area contributed by atoms with Crippen LogP contribution in [0.4, 0.5) is 0 Å². The smallest absolute Gasteiger partial charge is 0.0205 e. The largest absolute Gasteiger partial charge is 0.313 e. The maximum Gasteiger partial charge on any atom is 0.0205 e. The van der Waals surface area contributed by atoms with Gasteiger partial charge in [-0.05, 0) is 29.0 Å². The quantitative estimate of drug-likeness (QED) is 0.699. The first-order valence-electron chi connectivity index (χ1n) is 8.61. The van der Waals surface area contributed by atoms with E-state index in [9.17, 15) is 0 Å². The van der Waals surface area contributed by atoms with Gasteiger partial charge in [0.25, 0.3) is 0 Å². The minimum Gasteiger partial charge on any atom is -0.313 e. The first-order chi connectivity index (χ1) is 9.81. The number of hydrogen-bond donors (Lipinski definition) is 1. The number of nitrogens with one attached hydrogen (secondary N) is 1. The lowest BCUT2D eigenvalue weighted by molar-refractivity contribution is 0.589. The molecule has 0 aromatic heterocycles. The average Bonchev–Trinajstić information content (AvgIpc) is 2.47. The molecule has 0 aliphatic carbocycles. The van der Waals surface area contributed by atoms with Crippen molar-refractivity contribution in [2.24, 2.45) is 5.92 Å². The molecule has 0 saturated heterocycles. The molecule has 0 aliphatic heterocycles. The van der Waals surface area contributed by atoms with Gasteiger partial charge in [0.1, 0.15) is 0 Å². The Morgan fingerprint density at radius 3 is 1.67 bits per heavy atom. The van der Waals surface area contributed by atoms with Gasteiger partial charge in [-0.3, -0.25) is 0 Å². The van der Waals surface area contributed by atoms with E-state index in [1.807, 2.05) is 13.8 Å². The van der Waals surface area contributed by atoms with Gasteiger partial charge in [-0.2, -0.15) is 0 Å². The second kappa shape index (κ2) is 12.9. The summed E-state index contributed by atoms with van der Waals surface area (Å²) in [4.78, 5) is 0. The summed E-state index contributed by atoms with van der Waals surface area (Å²) in [6, 6.07) is 8.88. The molecule has 0 aliphatic rings. The predicted molar refractivity (Wildman–Crippen MR) is 99.0 cm³/mol. The van der Waals surface area contributed by atoms with Gasteiger partial charge in [0.05, 0.1) is 0 Å². The summed E-state index contributed by atoms with van der Waals surface area (Å²) in [6.45, 7) is 21.5. The van der Waals surface area contributed by atoms with E-state index in [1.165, 1.54) is 17.5 Å². The van der Waals surface area contributed by atoms with Crippen molar-refractivity contribution in [3.05, 3.63) is 35.4 Å². The van der Waals surface area contributed by atoms with Crippen LogP contribution in [0, 0.1) is 5.92 Å². The standard InChI is InChI=1S/C13H21N.C5H12.C2H6/c1-5-14-10-11-6-8-12(9-7-11)13(2,3)4;1-4-5(2)3;1-2/h6-9,14H,5,10H2,1-4H3;5H,4H2,1-3H3;1-2H3. The van der Waals surface area contributed by atoms with Crippen molar-refractivity contribution in [1.82, 2.24) is 5.32 Å². The monoisotopic (exact) mass is 293 g/mol. The van der Waals surface area contributed by atoms with Gasteiger partial charge in [0.15, 0.2) is 0 Å². The van der Waals surface area contributed by atoms with Crippen LogP contribution in [0.3, 0.4) is 0 Å². The second-order valence-corrected chi connectivity index (χ2v) is 6.53. The molecule has 0 fully saturated rings. The molecule has 0 bridgehead atoms. The zero-order chi connectivity index (χ0) is 16.9. The average molecular weight is 294 g/mol. The SMILES string of the molecule is CC.CCC(C)C.CCNCc1ccc(C(C)(C)C)cc1. The van der Waals surface area contributed by atoms with Crippen molar-refractivity contribution in [2.45, 2.75) is 80.7 Å². The van der Waals surface area contributed by atoms with E-state index in [2.05, 4.69) is 78.0 Å². The summed E-state index contributed by atoms with van der Waals surface area (Å²) >= 11 is 0. The van der Waals surface area contributed by atoms with Crippen LogP contribution in [0.1, 0.15) is 79.9 Å². The minimum absolute atomic E-state index is 0.261. The molecule has 1 N–H and O–H groups in total. The molecular weight excluding hydrogens is 254 g/mol. The normalized spacial score (nSPS) is 10.4. The van der Waals surface area contributed by atoms with Crippen molar-refractivity contribution in [2.75, 3.05) is 6.54 Å². The Labute approximate surface area is 134 Å². The zero-order valence-electron chi connectivity index (χ0n) is 16.0. The van der Waals surface area contributed by atoms with Crippen LogP contribution in [-0.4, -0.2) is 6.54 Å². The lowest BCUT2D eigenvalue weighted by Crippen LogP contribution is -2.13. The van der Waals surface area contributed by atoms with Crippen LogP contribution in [0.25, 0.3) is 0 Å². The molecule has 1 aromatic rings. The van der Waals surface area contributed by atoms with Crippen molar-refractivity contribution in [3.8, 4) is 0 Å². The molecule has 1 heteroatoms. The third-order valence-electron chi connectivity index (χ3n) is 3.22. The molecule has 0 saturated carbocycles. The second-order valence-electron chi connectivity index (χ2n) is 6.53. The Kier molecular flexibility index (Phi) is 13.8. The highest BCUT2D eigenvalue weighted by atomic mass is 14.8. The van der Waals surface area contributed by atoms with E-state index in [1.54, 1.807) is 0 Å². The van der Waals surface area contributed by atoms with Gasteiger partial charge in [-0.1, -0.05) is 93.0 Å². The molecular formula is C20H39N. The molecule has 0 atom stereocenters. The van der Waals surface area contributed by atoms with Crippen molar-refractivity contribution < 1.29 is 0 Å².